The minimum atomic E-state index is -0.908. The molecule has 4 N–H and O–H groups in total. The Morgan fingerprint density at radius 1 is 1.14 bits per heavy atom. The van der Waals surface area contributed by atoms with E-state index in [0.29, 0.717) is 30.1 Å². The van der Waals surface area contributed by atoms with Crippen LogP contribution in [0.25, 0.3) is 22.0 Å². The lowest BCUT2D eigenvalue weighted by molar-refractivity contribution is -0.136. The van der Waals surface area contributed by atoms with Crippen LogP contribution in [0.5, 0.6) is 5.75 Å². The molecular formula is C27H26N4O4. The van der Waals surface area contributed by atoms with E-state index in [4.69, 9.17) is 25.7 Å². The summed E-state index contributed by atoms with van der Waals surface area (Å²) in [7, 11) is 0. The van der Waals surface area contributed by atoms with Crippen molar-refractivity contribution in [3.63, 3.8) is 0 Å². The standard InChI is InChI=1S/C27H26N4O4/c28-27(29)20-6-3-5-17(12-20)18-8-9-24-22(13-18)23(30-31(24)21-10-11-34-15-21)16-35-25-7-2-1-4-19(25)14-26(32)33/h1-9,12-13,21H,10-11,14-16H2,(H3,28,29)(H,32,33). The lowest BCUT2D eigenvalue weighted by Crippen LogP contribution is -2.11. The van der Waals surface area contributed by atoms with Gasteiger partial charge < -0.3 is 20.3 Å². The number of fused-ring (bicyclic) bond motifs is 1. The molecule has 3 aromatic carbocycles. The second kappa shape index (κ2) is 9.60. The number of nitrogens with one attached hydrogen (secondary N) is 1. The van der Waals surface area contributed by atoms with Crippen LogP contribution < -0.4 is 10.5 Å². The number of nitrogens with two attached hydrogens (primary N) is 1. The van der Waals surface area contributed by atoms with Gasteiger partial charge in [0, 0.05) is 23.1 Å². The second-order valence-corrected chi connectivity index (χ2v) is 8.60. The van der Waals surface area contributed by atoms with E-state index in [1.807, 2.05) is 41.1 Å². The first-order chi connectivity index (χ1) is 17.0. The Hall–Kier alpha value is -4.17. The Kier molecular flexibility index (Phi) is 6.20. The molecule has 4 aromatic rings. The van der Waals surface area contributed by atoms with E-state index in [0.717, 1.165) is 34.1 Å². The molecule has 1 aromatic heterocycles. The van der Waals surface area contributed by atoms with Gasteiger partial charge in [-0.1, -0.05) is 42.5 Å². The minimum absolute atomic E-state index is 0.0242. The largest absolute Gasteiger partial charge is 0.487 e. The van der Waals surface area contributed by atoms with E-state index in [1.165, 1.54) is 0 Å². The summed E-state index contributed by atoms with van der Waals surface area (Å²) < 4.78 is 13.7. The number of amidine groups is 1. The zero-order chi connectivity index (χ0) is 24.4. The molecule has 0 bridgehead atoms. The summed E-state index contributed by atoms with van der Waals surface area (Å²) in [5.74, 6) is -0.349. The lowest BCUT2D eigenvalue weighted by Gasteiger charge is -2.10. The summed E-state index contributed by atoms with van der Waals surface area (Å²) >= 11 is 0. The van der Waals surface area contributed by atoms with Crippen LogP contribution in [-0.2, 0) is 22.6 Å². The number of ether oxygens (including phenoxy) is 2. The molecule has 1 atom stereocenters. The van der Waals surface area contributed by atoms with Crippen LogP contribution >= 0.6 is 0 Å². The van der Waals surface area contributed by atoms with Crippen LogP contribution in [0, 0.1) is 5.41 Å². The molecule has 5 rings (SSSR count). The summed E-state index contributed by atoms with van der Waals surface area (Å²) in [5, 5.41) is 22.8. The number of nitrogen functional groups attached to an aromatic ring is 1. The van der Waals surface area contributed by atoms with E-state index in [9.17, 15) is 9.90 Å². The van der Waals surface area contributed by atoms with Gasteiger partial charge in [0.05, 0.1) is 24.6 Å². The summed E-state index contributed by atoms with van der Waals surface area (Å²) in [4.78, 5) is 11.3. The molecule has 0 aliphatic carbocycles. The number of para-hydroxylation sites is 1. The Bertz CT molecular complexity index is 1410. The molecular weight excluding hydrogens is 444 g/mol. The van der Waals surface area contributed by atoms with Crippen LogP contribution in [0.4, 0.5) is 0 Å². The van der Waals surface area contributed by atoms with Gasteiger partial charge in [-0.15, -0.1) is 0 Å². The first-order valence-corrected chi connectivity index (χ1v) is 11.5. The highest BCUT2D eigenvalue weighted by atomic mass is 16.5. The maximum atomic E-state index is 11.3. The van der Waals surface area contributed by atoms with E-state index in [2.05, 4.69) is 12.1 Å². The maximum Gasteiger partial charge on any atom is 0.307 e. The van der Waals surface area contributed by atoms with Gasteiger partial charge >= 0.3 is 5.97 Å². The van der Waals surface area contributed by atoms with Crippen molar-refractivity contribution in [1.29, 1.82) is 5.41 Å². The fourth-order valence-corrected chi connectivity index (χ4v) is 4.45. The van der Waals surface area contributed by atoms with Gasteiger partial charge in [-0.05, 0) is 41.8 Å². The van der Waals surface area contributed by atoms with Crippen molar-refractivity contribution in [3.8, 4) is 16.9 Å². The van der Waals surface area contributed by atoms with Crippen LogP contribution in [0.2, 0.25) is 0 Å². The molecule has 8 heteroatoms. The van der Waals surface area contributed by atoms with Gasteiger partial charge in [0.15, 0.2) is 0 Å². The normalized spacial score (nSPS) is 15.4. The fourth-order valence-electron chi connectivity index (χ4n) is 4.45. The number of benzene rings is 3. The topological polar surface area (TPSA) is 123 Å². The lowest BCUT2D eigenvalue weighted by atomic mass is 10.0. The van der Waals surface area contributed by atoms with Crippen molar-refractivity contribution in [3.05, 3.63) is 83.6 Å². The smallest absolute Gasteiger partial charge is 0.307 e. The number of hydrogen-bond acceptors (Lipinski definition) is 5. The maximum absolute atomic E-state index is 11.3. The first kappa shape index (κ1) is 22.6. The molecule has 0 saturated carbocycles. The summed E-state index contributed by atoms with van der Waals surface area (Å²) in [5.41, 5.74) is 10.7. The van der Waals surface area contributed by atoms with E-state index < -0.39 is 5.97 Å². The molecule has 8 nitrogen and oxygen atoms in total. The van der Waals surface area contributed by atoms with Gasteiger partial charge in [-0.2, -0.15) is 5.10 Å². The summed E-state index contributed by atoms with van der Waals surface area (Å²) in [6.45, 7) is 1.52. The van der Waals surface area contributed by atoms with Crippen molar-refractivity contribution >= 4 is 22.7 Å². The Morgan fingerprint density at radius 3 is 2.74 bits per heavy atom. The number of hydrogen-bond donors (Lipinski definition) is 3. The van der Waals surface area contributed by atoms with Crippen LogP contribution in [0.3, 0.4) is 0 Å². The average Bonchev–Trinajstić information content (AvgIpc) is 3.51. The number of rotatable bonds is 8. The molecule has 2 heterocycles. The third-order valence-electron chi connectivity index (χ3n) is 6.22. The van der Waals surface area contributed by atoms with Gasteiger partial charge in [-0.25, -0.2) is 0 Å². The molecule has 1 saturated heterocycles. The highest BCUT2D eigenvalue weighted by Gasteiger charge is 2.23. The van der Waals surface area contributed by atoms with E-state index in [1.54, 1.807) is 18.2 Å². The highest BCUT2D eigenvalue weighted by Crippen LogP contribution is 2.31. The molecule has 1 aliphatic heterocycles. The van der Waals surface area contributed by atoms with Crippen LogP contribution in [0.1, 0.15) is 29.3 Å². The Balaban J connectivity index is 1.53. The van der Waals surface area contributed by atoms with Gasteiger partial charge in [0.1, 0.15) is 23.9 Å². The predicted octanol–water partition coefficient (Wildman–Crippen LogP) is 4.15. The van der Waals surface area contributed by atoms with Crippen molar-refractivity contribution in [2.24, 2.45) is 5.73 Å². The van der Waals surface area contributed by atoms with E-state index in [-0.39, 0.29) is 24.9 Å². The van der Waals surface area contributed by atoms with Crippen molar-refractivity contribution < 1.29 is 19.4 Å². The average molecular weight is 471 g/mol. The molecule has 1 fully saturated rings. The number of aromatic nitrogens is 2. The molecule has 0 spiro atoms. The van der Waals surface area contributed by atoms with Crippen LogP contribution in [-0.4, -0.2) is 39.9 Å². The third kappa shape index (κ3) is 4.74. The van der Waals surface area contributed by atoms with Crippen LogP contribution in [0.15, 0.2) is 66.7 Å². The number of carbonyl (C=O) groups is 1. The predicted molar refractivity (Wildman–Crippen MR) is 133 cm³/mol. The van der Waals surface area contributed by atoms with Gasteiger partial charge in [0.25, 0.3) is 0 Å². The fraction of sp³-hybridized carbons (Fsp3) is 0.222. The highest BCUT2D eigenvalue weighted by molar-refractivity contribution is 5.96. The summed E-state index contributed by atoms with van der Waals surface area (Å²) in [6, 6.07) is 21.1. The molecule has 0 radical (unpaired) electrons. The second-order valence-electron chi connectivity index (χ2n) is 8.60. The number of carboxylic acids is 1. The quantitative estimate of drug-likeness (QED) is 0.263. The molecule has 35 heavy (non-hydrogen) atoms. The van der Waals surface area contributed by atoms with Crippen molar-refractivity contribution in [1.82, 2.24) is 9.78 Å². The molecule has 0 amide bonds. The number of nitrogens with zero attached hydrogens (tertiary/aromatic N) is 2. The van der Waals surface area contributed by atoms with Crippen molar-refractivity contribution in [2.45, 2.75) is 25.5 Å². The monoisotopic (exact) mass is 470 g/mol. The van der Waals surface area contributed by atoms with Gasteiger partial charge in [0.2, 0.25) is 0 Å². The molecule has 178 valence electrons. The zero-order valence-corrected chi connectivity index (χ0v) is 19.1. The minimum Gasteiger partial charge on any atom is -0.487 e. The number of aliphatic carboxylic acids is 1. The Morgan fingerprint density at radius 2 is 1.97 bits per heavy atom. The number of carboxylic acid groups (broad SMARTS) is 1. The molecule has 1 aliphatic rings. The van der Waals surface area contributed by atoms with E-state index >= 15 is 0 Å². The first-order valence-electron chi connectivity index (χ1n) is 11.5. The molecule has 1 unspecified atom stereocenters. The third-order valence-corrected chi connectivity index (χ3v) is 6.22. The van der Waals surface area contributed by atoms with Crippen molar-refractivity contribution in [2.75, 3.05) is 13.2 Å². The zero-order valence-electron chi connectivity index (χ0n) is 19.1. The van der Waals surface area contributed by atoms with Gasteiger partial charge in [-0.3, -0.25) is 14.9 Å². The summed E-state index contributed by atoms with van der Waals surface area (Å²) in [6.07, 6.45) is 0.780. The Labute approximate surface area is 202 Å². The SMILES string of the molecule is N=C(N)c1cccc(-c2ccc3c(c2)c(COc2ccccc2CC(=O)O)nn3C2CCOC2)c1.